The maximum Gasteiger partial charge on any atom is 0.266 e. The standard InChI is InChI=1S/C29H24BrN3O4/c1-19(32(18-22-11-8-16-37-22)28(34)20-9-7-10-21(30)17-20)27-31-24-13-4-3-12-23(24)29(35)33(27)25-14-5-6-15-26(25)36-2/h3-17,19H,18H2,1-2H3. The summed E-state index contributed by atoms with van der Waals surface area (Å²) in [6.45, 7) is 2.05. The van der Waals surface area contributed by atoms with Gasteiger partial charge in [0.25, 0.3) is 11.5 Å². The van der Waals surface area contributed by atoms with Crippen LogP contribution in [0.25, 0.3) is 16.6 Å². The Balaban J connectivity index is 1.73. The average molecular weight is 558 g/mol. The zero-order valence-corrected chi connectivity index (χ0v) is 21.9. The molecule has 0 spiro atoms. The summed E-state index contributed by atoms with van der Waals surface area (Å²) in [5.74, 6) is 1.32. The Kier molecular flexibility index (Phi) is 6.92. The van der Waals surface area contributed by atoms with E-state index in [1.165, 1.54) is 4.57 Å². The first-order valence-corrected chi connectivity index (χ1v) is 12.5. The van der Waals surface area contributed by atoms with Gasteiger partial charge in [-0.2, -0.15) is 0 Å². The maximum atomic E-state index is 13.9. The largest absolute Gasteiger partial charge is 0.495 e. The molecule has 0 aliphatic rings. The molecule has 0 saturated carbocycles. The van der Waals surface area contributed by atoms with Gasteiger partial charge in [0.1, 0.15) is 17.3 Å². The molecule has 3 aromatic carbocycles. The summed E-state index contributed by atoms with van der Waals surface area (Å²) in [5, 5.41) is 0.472. The van der Waals surface area contributed by atoms with Crippen molar-refractivity contribution in [2.45, 2.75) is 19.5 Å². The van der Waals surface area contributed by atoms with Crippen LogP contribution < -0.4 is 10.3 Å². The zero-order valence-electron chi connectivity index (χ0n) is 20.3. The van der Waals surface area contributed by atoms with Crippen LogP contribution in [-0.4, -0.2) is 27.5 Å². The van der Waals surface area contributed by atoms with Crippen LogP contribution in [0, 0.1) is 0 Å². The summed E-state index contributed by atoms with van der Waals surface area (Å²) in [6, 6.07) is 24.6. The number of methoxy groups -OCH3 is 1. The minimum atomic E-state index is -0.612. The normalized spacial score (nSPS) is 11.9. The molecule has 2 heterocycles. The number of carbonyl (C=O) groups is 1. The molecule has 5 rings (SSSR count). The van der Waals surface area contributed by atoms with E-state index in [4.69, 9.17) is 14.1 Å². The van der Waals surface area contributed by atoms with Crippen molar-refractivity contribution in [3.05, 3.63) is 123 Å². The second-order valence-electron chi connectivity index (χ2n) is 8.50. The third-order valence-corrected chi connectivity index (χ3v) is 6.70. The smallest absolute Gasteiger partial charge is 0.266 e. The molecule has 1 amide bonds. The summed E-state index contributed by atoms with van der Waals surface area (Å²) in [4.78, 5) is 34.3. The number of nitrogens with zero attached hydrogens (tertiary/aromatic N) is 3. The lowest BCUT2D eigenvalue weighted by atomic mass is 10.1. The number of para-hydroxylation sites is 3. The monoisotopic (exact) mass is 557 g/mol. The molecule has 5 aromatic rings. The Morgan fingerprint density at radius 1 is 1.05 bits per heavy atom. The van der Waals surface area contributed by atoms with Crippen molar-refractivity contribution in [3.63, 3.8) is 0 Å². The van der Waals surface area contributed by atoms with Crippen LogP contribution in [0.3, 0.4) is 0 Å². The Hall–Kier alpha value is -4.17. The van der Waals surface area contributed by atoms with Crippen LogP contribution in [0.1, 0.15) is 34.9 Å². The van der Waals surface area contributed by atoms with E-state index >= 15 is 0 Å². The molecule has 7 nitrogen and oxygen atoms in total. The molecule has 186 valence electrons. The van der Waals surface area contributed by atoms with Crippen LogP contribution in [0.5, 0.6) is 5.75 Å². The number of amides is 1. The summed E-state index contributed by atoms with van der Waals surface area (Å²) in [6.07, 6.45) is 1.57. The van der Waals surface area contributed by atoms with Crippen molar-refractivity contribution in [2.75, 3.05) is 7.11 Å². The number of fused-ring (bicyclic) bond motifs is 1. The van der Waals surface area contributed by atoms with E-state index in [0.717, 1.165) is 4.47 Å². The minimum Gasteiger partial charge on any atom is -0.495 e. The van der Waals surface area contributed by atoms with Crippen molar-refractivity contribution in [1.82, 2.24) is 14.5 Å². The first-order valence-electron chi connectivity index (χ1n) is 11.7. The van der Waals surface area contributed by atoms with E-state index in [-0.39, 0.29) is 18.0 Å². The van der Waals surface area contributed by atoms with E-state index in [9.17, 15) is 9.59 Å². The molecule has 2 aromatic heterocycles. The lowest BCUT2D eigenvalue weighted by Gasteiger charge is -2.30. The van der Waals surface area contributed by atoms with E-state index in [1.807, 2.05) is 43.3 Å². The Morgan fingerprint density at radius 3 is 2.59 bits per heavy atom. The highest BCUT2D eigenvalue weighted by atomic mass is 79.9. The SMILES string of the molecule is COc1ccccc1-n1c(C(C)N(Cc2ccco2)C(=O)c2cccc(Br)c2)nc2ccccc2c1=O. The number of hydrogen-bond acceptors (Lipinski definition) is 5. The first kappa shape index (κ1) is 24.5. The van der Waals surface area contributed by atoms with Gasteiger partial charge in [0.2, 0.25) is 0 Å². The molecule has 0 aliphatic carbocycles. The van der Waals surface area contributed by atoms with Gasteiger partial charge < -0.3 is 14.1 Å². The van der Waals surface area contributed by atoms with Gasteiger partial charge in [0, 0.05) is 10.0 Å². The summed E-state index contributed by atoms with van der Waals surface area (Å²) in [7, 11) is 1.56. The van der Waals surface area contributed by atoms with Gasteiger partial charge in [-0.15, -0.1) is 0 Å². The third-order valence-electron chi connectivity index (χ3n) is 6.21. The van der Waals surface area contributed by atoms with E-state index < -0.39 is 6.04 Å². The number of halogens is 1. The van der Waals surface area contributed by atoms with E-state index in [2.05, 4.69) is 15.9 Å². The Bertz CT molecular complexity index is 1630. The van der Waals surface area contributed by atoms with Crippen molar-refractivity contribution < 1.29 is 13.9 Å². The summed E-state index contributed by atoms with van der Waals surface area (Å²) in [5.41, 5.74) is 1.35. The highest BCUT2D eigenvalue weighted by Crippen LogP contribution is 2.29. The second-order valence-corrected chi connectivity index (χ2v) is 9.41. The predicted molar refractivity (Wildman–Crippen MR) is 145 cm³/mol. The minimum absolute atomic E-state index is 0.189. The topological polar surface area (TPSA) is 77.6 Å². The number of hydrogen-bond donors (Lipinski definition) is 0. The highest BCUT2D eigenvalue weighted by molar-refractivity contribution is 9.10. The molecule has 0 radical (unpaired) electrons. The second kappa shape index (κ2) is 10.4. The van der Waals surface area contributed by atoms with Crippen molar-refractivity contribution >= 4 is 32.7 Å². The fraction of sp³-hybridized carbons (Fsp3) is 0.138. The van der Waals surface area contributed by atoms with Gasteiger partial charge in [-0.1, -0.05) is 46.3 Å². The lowest BCUT2D eigenvalue weighted by Crippen LogP contribution is -2.37. The molecule has 0 saturated heterocycles. The molecule has 8 heteroatoms. The summed E-state index contributed by atoms with van der Waals surface area (Å²) >= 11 is 3.46. The Morgan fingerprint density at radius 2 is 1.84 bits per heavy atom. The van der Waals surface area contributed by atoms with Crippen LogP contribution in [0.2, 0.25) is 0 Å². The van der Waals surface area contributed by atoms with Crippen molar-refractivity contribution in [1.29, 1.82) is 0 Å². The van der Waals surface area contributed by atoms with E-state index in [1.54, 1.807) is 66.8 Å². The number of benzene rings is 3. The molecule has 0 bridgehead atoms. The lowest BCUT2D eigenvalue weighted by molar-refractivity contribution is 0.0648. The molecule has 1 atom stereocenters. The van der Waals surface area contributed by atoms with Gasteiger partial charge >= 0.3 is 0 Å². The maximum absolute atomic E-state index is 13.9. The molecule has 0 fully saturated rings. The van der Waals surface area contributed by atoms with Gasteiger partial charge in [0.05, 0.1) is 42.5 Å². The number of furan rings is 1. The first-order chi connectivity index (χ1) is 18.0. The molecule has 0 aliphatic heterocycles. The Labute approximate surface area is 222 Å². The molecule has 0 N–H and O–H groups in total. The quantitative estimate of drug-likeness (QED) is 0.239. The average Bonchev–Trinajstić information content (AvgIpc) is 3.44. The van der Waals surface area contributed by atoms with Crippen molar-refractivity contribution in [2.24, 2.45) is 0 Å². The molecule has 1 unspecified atom stereocenters. The van der Waals surface area contributed by atoms with Crippen LogP contribution in [0.15, 0.2) is 105 Å². The number of ether oxygens (including phenoxy) is 1. The van der Waals surface area contributed by atoms with E-state index in [0.29, 0.717) is 39.5 Å². The number of carbonyl (C=O) groups excluding carboxylic acids is 1. The summed E-state index contributed by atoms with van der Waals surface area (Å²) < 4.78 is 13.5. The zero-order chi connectivity index (χ0) is 25.9. The molecule has 37 heavy (non-hydrogen) atoms. The number of aromatic nitrogens is 2. The van der Waals surface area contributed by atoms with Crippen molar-refractivity contribution in [3.8, 4) is 11.4 Å². The van der Waals surface area contributed by atoms with Crippen LogP contribution in [-0.2, 0) is 6.54 Å². The fourth-order valence-corrected chi connectivity index (χ4v) is 4.76. The van der Waals surface area contributed by atoms with Gasteiger partial charge in [-0.3, -0.25) is 14.2 Å². The van der Waals surface area contributed by atoms with Gasteiger partial charge in [-0.05, 0) is 61.5 Å². The van der Waals surface area contributed by atoms with Crippen LogP contribution >= 0.6 is 15.9 Å². The highest BCUT2D eigenvalue weighted by Gasteiger charge is 2.29. The molecular formula is C29H24BrN3O4. The predicted octanol–water partition coefficient (Wildman–Crippen LogP) is 6.15. The third kappa shape index (κ3) is 4.80. The van der Waals surface area contributed by atoms with Gasteiger partial charge in [-0.25, -0.2) is 4.98 Å². The fourth-order valence-electron chi connectivity index (χ4n) is 4.36. The van der Waals surface area contributed by atoms with Gasteiger partial charge in [0.15, 0.2) is 0 Å². The van der Waals surface area contributed by atoms with Crippen LogP contribution in [0.4, 0.5) is 0 Å². The number of rotatable bonds is 7. The molecular weight excluding hydrogens is 534 g/mol.